The Bertz CT molecular complexity index is 6540. The van der Waals surface area contributed by atoms with Gasteiger partial charge in [0.2, 0.25) is 0 Å². The second kappa shape index (κ2) is 24.8. The smallest absolute Gasteiger partial charge is 0.252 e. The van der Waals surface area contributed by atoms with E-state index in [1.54, 1.807) is 0 Å². The summed E-state index contributed by atoms with van der Waals surface area (Å²) < 4.78 is 5.24. The SMILES string of the molecule is CC(C)(C)c1cc2c3c(c1)N(c1c(-c4ccccc4)cccc1-c1ccccc1)c1cc(-n4c5ccc6ccccc6c5c5cc(C(C)(C)C)c6ccccc6c54)ccc1B3c1ccc(-n3c4ccc5ccccc5c4c4cc(C(C)(C)C)c5ccccc5c43)cc1N2c1c(-c2ccccc2)cccc1-c1ccccc1. The normalized spacial score (nSPS) is 13.0. The predicted octanol–water partition coefficient (Wildman–Crippen LogP) is 27.1. The van der Waals surface area contributed by atoms with Gasteiger partial charge in [-0.25, -0.2) is 0 Å². The lowest BCUT2D eigenvalue weighted by Gasteiger charge is -2.46. The van der Waals surface area contributed by atoms with E-state index in [1.807, 2.05) is 0 Å². The zero-order valence-electron chi connectivity index (χ0n) is 64.2. The van der Waals surface area contributed by atoms with Crippen LogP contribution in [0.5, 0.6) is 0 Å². The van der Waals surface area contributed by atoms with E-state index >= 15 is 0 Å². The first-order chi connectivity index (χ1) is 54.0. The van der Waals surface area contributed by atoms with Crippen LogP contribution < -0.4 is 26.2 Å². The molecular weight excluding hydrogens is 1340 g/mol. The predicted molar refractivity (Wildman–Crippen MR) is 477 cm³/mol. The first kappa shape index (κ1) is 66.3. The van der Waals surface area contributed by atoms with E-state index in [0.29, 0.717) is 0 Å². The highest BCUT2D eigenvalue weighted by Gasteiger charge is 2.47. The van der Waals surface area contributed by atoms with Gasteiger partial charge in [0.15, 0.2) is 0 Å². The standard InChI is InChI=1S/C106H83BN4/c1-104(2,3)72-60-95-99-96(61-72)111(101-79(68-36-18-12-19-37-68)50-31-51-80(101)69-38-20-13-21-39-69)94-63-74(109-92-59-53-71-41-23-25-43-76(71)98(92)86-65-88(106(7,8)9)82-45-27-29-47-84(82)103(86)109)55-57-90(94)107(99)89-56-54-73(62-93(89)110(95)100-77(66-32-14-10-15-33-66)48-30-49-78(100)67-34-16-11-17-35-67)108-91-58-52-70-40-22-24-42-75(70)97(91)85-64-87(105(4,5)6)81-44-26-28-46-83(81)102(85)108/h10-65H,1-9H3. The van der Waals surface area contributed by atoms with Gasteiger partial charge in [-0.2, -0.15) is 0 Å². The Labute approximate surface area is 649 Å². The first-order valence-electron chi connectivity index (χ1n) is 39.3. The van der Waals surface area contributed by atoms with Crippen LogP contribution in [0.1, 0.15) is 79.0 Å². The largest absolute Gasteiger partial charge is 0.310 e. The summed E-state index contributed by atoms with van der Waals surface area (Å²) in [5.74, 6) is 0. The molecule has 0 bridgehead atoms. The number of hydrogen-bond acceptors (Lipinski definition) is 2. The molecule has 0 radical (unpaired) electrons. The van der Waals surface area contributed by atoms with Crippen molar-refractivity contribution in [2.75, 3.05) is 9.80 Å². The highest BCUT2D eigenvalue weighted by molar-refractivity contribution is 7.00. The molecule has 0 amide bonds. The third kappa shape index (κ3) is 10.2. The Morgan fingerprint density at radius 3 is 0.937 bits per heavy atom. The molecule has 4 heterocycles. The number of para-hydroxylation sites is 2. The van der Waals surface area contributed by atoms with Gasteiger partial charge in [0.1, 0.15) is 0 Å². The lowest BCUT2D eigenvalue weighted by Crippen LogP contribution is -2.61. The van der Waals surface area contributed by atoms with Crippen LogP contribution in [0, 0.1) is 0 Å². The molecule has 0 fully saturated rings. The lowest BCUT2D eigenvalue weighted by molar-refractivity contribution is 0.590. The Hall–Kier alpha value is -13.0. The highest BCUT2D eigenvalue weighted by atomic mass is 15.2. The molecule has 0 unspecified atom stereocenters. The van der Waals surface area contributed by atoms with Gasteiger partial charge >= 0.3 is 0 Å². The summed E-state index contributed by atoms with van der Waals surface area (Å²) in [5, 5.41) is 15.0. The maximum Gasteiger partial charge on any atom is 0.252 e. The summed E-state index contributed by atoms with van der Waals surface area (Å²) in [6, 6.07) is 130. The van der Waals surface area contributed by atoms with Gasteiger partial charge in [-0.1, -0.05) is 341 Å². The maximum atomic E-state index is 2.73. The molecular formula is C106H83BN4. The summed E-state index contributed by atoms with van der Waals surface area (Å²) >= 11 is 0. The Morgan fingerprint density at radius 2 is 0.586 bits per heavy atom. The van der Waals surface area contributed by atoms with E-state index in [4.69, 9.17) is 0 Å². The van der Waals surface area contributed by atoms with Gasteiger partial charge in [-0.3, -0.25) is 0 Å². The minimum atomic E-state index is -0.345. The van der Waals surface area contributed by atoms with Crippen LogP contribution in [0.15, 0.2) is 340 Å². The minimum absolute atomic E-state index is 0.137. The van der Waals surface area contributed by atoms with Crippen molar-refractivity contribution in [3.05, 3.63) is 356 Å². The summed E-state index contributed by atoms with van der Waals surface area (Å²) in [6.07, 6.45) is 0. The number of aromatic nitrogens is 2. The quantitative estimate of drug-likeness (QED) is 0.141. The monoisotopic (exact) mass is 1420 g/mol. The molecule has 2 aliphatic rings. The molecule has 5 heteroatoms. The fraction of sp³-hybridized carbons (Fsp3) is 0.113. The van der Waals surface area contributed by atoms with Crippen LogP contribution in [0.3, 0.4) is 0 Å². The molecule has 0 saturated heterocycles. The molecule has 111 heavy (non-hydrogen) atoms. The van der Waals surface area contributed by atoms with Gasteiger partial charge < -0.3 is 18.9 Å². The summed E-state index contributed by atoms with van der Waals surface area (Å²) in [7, 11) is 0. The van der Waals surface area contributed by atoms with Crippen LogP contribution in [0.2, 0.25) is 0 Å². The minimum Gasteiger partial charge on any atom is -0.310 e. The Morgan fingerprint density at radius 1 is 0.252 bits per heavy atom. The van der Waals surface area contributed by atoms with E-state index in [1.165, 1.54) is 120 Å². The topological polar surface area (TPSA) is 16.3 Å². The molecule has 0 saturated carbocycles. The molecule has 0 spiro atoms. The van der Waals surface area contributed by atoms with Crippen LogP contribution >= 0.6 is 0 Å². The van der Waals surface area contributed by atoms with Gasteiger partial charge in [-0.15, -0.1) is 0 Å². The molecule has 0 atom stereocenters. The lowest BCUT2D eigenvalue weighted by atomic mass is 9.33. The van der Waals surface area contributed by atoms with Crippen molar-refractivity contribution in [1.82, 2.24) is 9.13 Å². The molecule has 530 valence electrons. The van der Waals surface area contributed by atoms with Gasteiger partial charge in [0.25, 0.3) is 6.71 Å². The van der Waals surface area contributed by atoms with Crippen LogP contribution in [0.25, 0.3) is 143 Å². The maximum absolute atomic E-state index is 2.73. The van der Waals surface area contributed by atoms with Crippen molar-refractivity contribution in [3.63, 3.8) is 0 Å². The summed E-state index contributed by atoms with van der Waals surface area (Å²) in [6.45, 7) is 21.1. The number of benzene rings is 17. The summed E-state index contributed by atoms with van der Waals surface area (Å²) in [4.78, 5) is 5.45. The fourth-order valence-corrected chi connectivity index (χ4v) is 19.2. The van der Waals surface area contributed by atoms with Gasteiger partial charge in [0, 0.05) is 88.7 Å². The van der Waals surface area contributed by atoms with Crippen molar-refractivity contribution < 1.29 is 0 Å². The number of fused-ring (bicyclic) bond motifs is 18. The zero-order valence-corrected chi connectivity index (χ0v) is 64.2. The second-order valence-corrected chi connectivity index (χ2v) is 33.9. The number of nitrogens with zero attached hydrogens (tertiary/aromatic N) is 4. The third-order valence-electron chi connectivity index (χ3n) is 24.2. The second-order valence-electron chi connectivity index (χ2n) is 33.9. The third-order valence-corrected chi connectivity index (χ3v) is 24.2. The van der Waals surface area contributed by atoms with E-state index in [2.05, 4.69) is 421 Å². The molecule has 4 nitrogen and oxygen atoms in total. The average Bonchev–Trinajstić information content (AvgIpc) is 1.69. The van der Waals surface area contributed by atoms with E-state index in [-0.39, 0.29) is 23.0 Å². The van der Waals surface area contributed by atoms with Crippen molar-refractivity contribution in [1.29, 1.82) is 0 Å². The first-order valence-corrected chi connectivity index (χ1v) is 39.3. The van der Waals surface area contributed by atoms with Crippen LogP contribution in [-0.4, -0.2) is 15.8 Å². The van der Waals surface area contributed by atoms with Crippen LogP contribution in [-0.2, 0) is 16.2 Å². The molecule has 0 aliphatic carbocycles. The van der Waals surface area contributed by atoms with E-state index < -0.39 is 0 Å². The molecule has 21 rings (SSSR count). The highest BCUT2D eigenvalue weighted by Crippen LogP contribution is 2.56. The van der Waals surface area contributed by atoms with Crippen molar-refractivity contribution in [2.45, 2.75) is 78.6 Å². The van der Waals surface area contributed by atoms with Gasteiger partial charge in [-0.05, 0) is 165 Å². The molecule has 17 aromatic carbocycles. The Kier molecular flexibility index (Phi) is 14.8. The van der Waals surface area contributed by atoms with Crippen molar-refractivity contribution >= 4 is 144 Å². The van der Waals surface area contributed by atoms with Gasteiger partial charge in [0.05, 0.1) is 33.4 Å². The zero-order chi connectivity index (χ0) is 74.9. The number of rotatable bonds is 8. The van der Waals surface area contributed by atoms with Crippen molar-refractivity contribution in [2.24, 2.45) is 0 Å². The van der Waals surface area contributed by atoms with E-state index in [9.17, 15) is 0 Å². The van der Waals surface area contributed by atoms with Crippen molar-refractivity contribution in [3.8, 4) is 55.9 Å². The number of hydrogen-bond donors (Lipinski definition) is 0. The van der Waals surface area contributed by atoms with E-state index in [0.717, 1.165) is 90.0 Å². The fourth-order valence-electron chi connectivity index (χ4n) is 19.2. The van der Waals surface area contributed by atoms with Crippen LogP contribution in [0.4, 0.5) is 34.1 Å². The molecule has 0 N–H and O–H groups in total. The summed E-state index contributed by atoms with van der Waals surface area (Å²) in [5.41, 5.74) is 29.9. The molecule has 2 aromatic heterocycles. The average molecular weight is 1420 g/mol. The number of anilines is 6. The Balaban J connectivity index is 0.942. The molecule has 19 aromatic rings. The molecule has 2 aliphatic heterocycles.